The van der Waals surface area contributed by atoms with E-state index in [0.717, 1.165) is 32.1 Å². The average molecular weight is 843 g/mol. The Morgan fingerprint density at radius 1 is 0.667 bits per heavy atom. The number of fused-ring (bicyclic) bond motifs is 1. The second-order valence-electron chi connectivity index (χ2n) is 16.1. The van der Waals surface area contributed by atoms with Crippen LogP contribution in [0.25, 0.3) is 0 Å². The molecule has 2 aliphatic heterocycles. The van der Waals surface area contributed by atoms with E-state index in [4.69, 9.17) is 32.8 Å². The van der Waals surface area contributed by atoms with Crippen molar-refractivity contribution in [1.82, 2.24) is 0 Å². The van der Waals surface area contributed by atoms with Crippen LogP contribution in [0.1, 0.15) is 43.8 Å². The fourth-order valence-corrected chi connectivity index (χ4v) is 13.6. The minimum atomic E-state index is -3.07. The Hall–Kier alpha value is -4.78. The van der Waals surface area contributed by atoms with Gasteiger partial charge in [-0.1, -0.05) is 160 Å². The van der Waals surface area contributed by atoms with Crippen LogP contribution in [-0.2, 0) is 36.9 Å². The number of benzene rings is 6. The molecule has 8 rings (SSSR count). The normalized spacial score (nSPS) is 21.8. The van der Waals surface area contributed by atoms with Crippen LogP contribution in [0.2, 0.25) is 5.04 Å². The smallest absolute Gasteiger partial charge is 0.320 e. The second-order valence-corrected chi connectivity index (χ2v) is 21.5. The predicted molar refractivity (Wildman–Crippen MR) is 236 cm³/mol. The Kier molecular flexibility index (Phi) is 13.2. The molecule has 0 radical (unpaired) electrons. The molecule has 0 amide bonds. The quantitative estimate of drug-likeness (QED) is 0.101. The van der Waals surface area contributed by atoms with Gasteiger partial charge in [-0.3, -0.25) is 0 Å². The first kappa shape index (κ1) is 41.9. The molecule has 60 heavy (non-hydrogen) atoms. The third-order valence-corrected chi connectivity index (χ3v) is 17.2. The van der Waals surface area contributed by atoms with E-state index >= 15 is 4.39 Å². The number of hydrogen-bond donors (Lipinski definition) is 0. The summed E-state index contributed by atoms with van der Waals surface area (Å²) < 4.78 is 62.5. The maximum absolute atomic E-state index is 16.6. The van der Waals surface area contributed by atoms with Gasteiger partial charge < -0.3 is 32.8 Å². The zero-order chi connectivity index (χ0) is 41.5. The second kappa shape index (κ2) is 18.9. The van der Waals surface area contributed by atoms with Gasteiger partial charge in [-0.25, -0.2) is 4.39 Å². The molecule has 6 atom stereocenters. The fraction of sp³-hybridized carbons (Fsp3) is 0.280. The van der Waals surface area contributed by atoms with Crippen LogP contribution in [-0.4, -0.2) is 51.9 Å². The van der Waals surface area contributed by atoms with Gasteiger partial charge in [0, 0.05) is 10.5 Å². The lowest BCUT2D eigenvalue weighted by Gasteiger charge is -2.49. The van der Waals surface area contributed by atoms with Crippen molar-refractivity contribution in [1.29, 1.82) is 0 Å². The lowest BCUT2D eigenvalue weighted by atomic mass is 9.98. The summed E-state index contributed by atoms with van der Waals surface area (Å²) in [6.07, 6.45) is -2.83. The molecule has 0 N–H and O–H groups in total. The molecule has 2 heterocycles. The summed E-state index contributed by atoms with van der Waals surface area (Å²) in [4.78, 5) is 1.02. The average Bonchev–Trinajstić information content (AvgIpc) is 3.28. The highest BCUT2D eigenvalue weighted by Crippen LogP contribution is 2.42. The van der Waals surface area contributed by atoms with E-state index in [1.807, 2.05) is 115 Å². The number of rotatable bonds is 14. The molecule has 0 spiro atoms. The highest BCUT2D eigenvalue weighted by Gasteiger charge is 2.53. The molecule has 0 aliphatic carbocycles. The minimum absolute atomic E-state index is 0.0929. The molecule has 0 unspecified atom stereocenters. The molecule has 10 heteroatoms. The Balaban J connectivity index is 1.10. The zero-order valence-electron chi connectivity index (χ0n) is 34.3. The molecule has 0 bridgehead atoms. The van der Waals surface area contributed by atoms with Gasteiger partial charge in [0.05, 0.1) is 26.9 Å². The van der Waals surface area contributed by atoms with Gasteiger partial charge in [0.15, 0.2) is 12.1 Å². The summed E-state index contributed by atoms with van der Waals surface area (Å²) in [5.41, 5.74) is 2.04. The van der Waals surface area contributed by atoms with E-state index in [2.05, 4.69) is 57.2 Å². The number of thioether (sulfide) groups is 1. The van der Waals surface area contributed by atoms with Crippen LogP contribution < -0.4 is 19.5 Å². The lowest BCUT2D eigenvalue weighted by Crippen LogP contribution is -2.68. The summed E-state index contributed by atoms with van der Waals surface area (Å²) in [6.45, 7) is 7.22. The van der Waals surface area contributed by atoms with E-state index in [9.17, 15) is 0 Å². The Morgan fingerprint density at radius 2 is 1.23 bits per heavy atom. The van der Waals surface area contributed by atoms with E-state index in [1.54, 1.807) is 24.9 Å². The highest BCUT2D eigenvalue weighted by molar-refractivity contribution is 7.99. The van der Waals surface area contributed by atoms with Gasteiger partial charge in [-0.15, -0.1) is 0 Å². The van der Waals surface area contributed by atoms with Crippen molar-refractivity contribution in [2.45, 2.75) is 80.1 Å². The van der Waals surface area contributed by atoms with Crippen molar-refractivity contribution in [3.8, 4) is 11.5 Å². The summed E-state index contributed by atoms with van der Waals surface area (Å²) >= 11 is 1.57. The molecular formula is C50H51FO7SSi. The van der Waals surface area contributed by atoms with Crippen LogP contribution in [0.15, 0.2) is 169 Å². The van der Waals surface area contributed by atoms with Gasteiger partial charge in [0.1, 0.15) is 41.4 Å². The Morgan fingerprint density at radius 3 is 1.83 bits per heavy atom. The molecule has 2 aliphatic rings. The van der Waals surface area contributed by atoms with Crippen molar-refractivity contribution in [3.63, 3.8) is 0 Å². The molecule has 0 aromatic heterocycles. The van der Waals surface area contributed by atoms with Gasteiger partial charge >= 0.3 is 8.32 Å². The van der Waals surface area contributed by atoms with Gasteiger partial charge in [-0.2, -0.15) is 0 Å². The number of halogens is 1. The maximum atomic E-state index is 16.6. The van der Waals surface area contributed by atoms with Crippen molar-refractivity contribution < 1.29 is 37.2 Å². The predicted octanol–water partition coefficient (Wildman–Crippen LogP) is 9.88. The van der Waals surface area contributed by atoms with E-state index in [-0.39, 0.29) is 17.4 Å². The van der Waals surface area contributed by atoms with Crippen molar-refractivity contribution in [2.75, 3.05) is 13.7 Å². The standard InChI is InChI=1S/C50H51FO7SSi/c1-50(2,3)60(40-21-13-7-14-22-40,41-23-15-8-16-24-41)58-43-30-27-36(31-42(43)51)33-53-46-45-44(34-55-48(57-45)37-17-9-5-10-18-37)56-49(59-39-19-11-6-12-20-39)47(46)54-32-35-25-28-38(52-4)29-26-35/h5-31,44-49H,32-34H2,1-4H3/t44-,45-,46+,47+,48-,49-/m1/s1. The fourth-order valence-electron chi connectivity index (χ4n) is 8.06. The highest BCUT2D eigenvalue weighted by atomic mass is 32.2. The Labute approximate surface area is 357 Å². The maximum Gasteiger partial charge on any atom is 0.320 e. The molecule has 6 aromatic carbocycles. The molecule has 0 saturated carbocycles. The minimum Gasteiger partial charge on any atom is -0.532 e. The van der Waals surface area contributed by atoms with Crippen molar-refractivity contribution >= 4 is 30.5 Å². The first-order valence-corrected chi connectivity index (χ1v) is 23.1. The van der Waals surface area contributed by atoms with E-state index in [0.29, 0.717) is 18.8 Å². The topological polar surface area (TPSA) is 64.6 Å². The van der Waals surface area contributed by atoms with Crippen molar-refractivity contribution in [2.24, 2.45) is 0 Å². The van der Waals surface area contributed by atoms with Crippen LogP contribution in [0.3, 0.4) is 0 Å². The molecule has 310 valence electrons. The first-order valence-electron chi connectivity index (χ1n) is 20.4. The van der Waals surface area contributed by atoms with Crippen molar-refractivity contribution in [3.05, 3.63) is 186 Å². The molecule has 2 saturated heterocycles. The summed E-state index contributed by atoms with van der Waals surface area (Å²) in [5, 5.41) is 1.80. The van der Waals surface area contributed by atoms with E-state index < -0.39 is 50.3 Å². The first-order chi connectivity index (χ1) is 29.2. The van der Waals surface area contributed by atoms with E-state index in [1.165, 1.54) is 6.07 Å². The SMILES string of the molecule is COc1ccc(CO[C@H]2[C@@H](OCc3ccc(O[Si](c4ccccc4)(c4ccccc4)C(C)(C)C)c(F)c3)[C@@H]3O[C@H](c4ccccc4)OC[C@H]3O[C@@H]2Sc2ccccc2)cc1. The zero-order valence-corrected chi connectivity index (χ0v) is 36.1. The third kappa shape index (κ3) is 9.25. The molecule has 7 nitrogen and oxygen atoms in total. The molecule has 6 aromatic rings. The van der Waals surface area contributed by atoms with Gasteiger partial charge in [0.2, 0.25) is 0 Å². The van der Waals surface area contributed by atoms with Crippen LogP contribution in [0.5, 0.6) is 11.5 Å². The van der Waals surface area contributed by atoms with Crippen LogP contribution >= 0.6 is 11.8 Å². The number of ether oxygens (including phenoxy) is 6. The van der Waals surface area contributed by atoms with Gasteiger partial charge in [0.25, 0.3) is 0 Å². The molecule has 2 fully saturated rings. The summed E-state index contributed by atoms with van der Waals surface area (Å²) in [5.74, 6) is 0.516. The third-order valence-electron chi connectivity index (χ3n) is 11.1. The monoisotopic (exact) mass is 842 g/mol. The number of methoxy groups -OCH3 is 1. The largest absolute Gasteiger partial charge is 0.532 e. The summed E-state index contributed by atoms with van der Waals surface area (Å²) in [6, 6.07) is 53.4. The van der Waals surface area contributed by atoms with Crippen LogP contribution in [0, 0.1) is 5.82 Å². The number of hydrogen-bond acceptors (Lipinski definition) is 8. The van der Waals surface area contributed by atoms with Crippen LogP contribution in [0.4, 0.5) is 4.39 Å². The van der Waals surface area contributed by atoms with Gasteiger partial charge in [-0.05, 0) is 62.9 Å². The molecular weight excluding hydrogens is 792 g/mol. The summed E-state index contributed by atoms with van der Waals surface area (Å²) in [7, 11) is -1.42. The Bertz CT molecular complexity index is 2220. The lowest BCUT2D eigenvalue weighted by molar-refractivity contribution is -0.329.